The molecule has 0 spiro atoms. The van der Waals surface area contributed by atoms with Crippen LogP contribution in [0.5, 0.6) is 0 Å². The lowest BCUT2D eigenvalue weighted by Gasteiger charge is -2.18. The fourth-order valence-corrected chi connectivity index (χ4v) is 2.69. The van der Waals surface area contributed by atoms with Gasteiger partial charge in [0.25, 0.3) is 5.91 Å². The normalized spacial score (nSPS) is 20.5. The van der Waals surface area contributed by atoms with Crippen LogP contribution in [0.4, 0.5) is 10.3 Å². The molecule has 1 aromatic heterocycles. The number of halogens is 1. The van der Waals surface area contributed by atoms with Gasteiger partial charge in [0.15, 0.2) is 0 Å². The van der Waals surface area contributed by atoms with Gasteiger partial charge in [0, 0.05) is 43.6 Å². The van der Waals surface area contributed by atoms with Crippen molar-refractivity contribution in [2.75, 3.05) is 24.6 Å². The minimum absolute atomic E-state index is 0.0440. The second-order valence-electron chi connectivity index (χ2n) is 5.48. The second kappa shape index (κ2) is 6.70. The van der Waals surface area contributed by atoms with E-state index in [0.29, 0.717) is 24.6 Å². The van der Waals surface area contributed by atoms with E-state index in [1.165, 1.54) is 24.3 Å². The minimum Gasteiger partial charge on any atom is -0.396 e. The van der Waals surface area contributed by atoms with Crippen LogP contribution in [0, 0.1) is 11.7 Å². The van der Waals surface area contributed by atoms with Crippen LogP contribution in [0.15, 0.2) is 42.7 Å². The van der Waals surface area contributed by atoms with Crippen molar-refractivity contribution < 1.29 is 14.3 Å². The Morgan fingerprint density at radius 2 is 1.96 bits per heavy atom. The molecule has 0 radical (unpaired) electrons. The lowest BCUT2D eigenvalue weighted by molar-refractivity contribution is 0.0921. The SMILES string of the molecule is O=C(N[C@@H]1CN(c2ncccn2)C[C@H]1CO)c1ccc(F)cc1. The summed E-state index contributed by atoms with van der Waals surface area (Å²) in [5, 5.41) is 12.4. The van der Waals surface area contributed by atoms with Gasteiger partial charge in [-0.3, -0.25) is 4.79 Å². The van der Waals surface area contributed by atoms with Gasteiger partial charge in [0.05, 0.1) is 6.04 Å². The van der Waals surface area contributed by atoms with Crippen LogP contribution in [-0.2, 0) is 0 Å². The number of carbonyl (C=O) groups excluding carboxylic acids is 1. The maximum atomic E-state index is 12.9. The molecule has 23 heavy (non-hydrogen) atoms. The van der Waals surface area contributed by atoms with Gasteiger partial charge in [0.2, 0.25) is 5.95 Å². The van der Waals surface area contributed by atoms with E-state index in [-0.39, 0.29) is 30.3 Å². The van der Waals surface area contributed by atoms with Gasteiger partial charge in [0.1, 0.15) is 5.82 Å². The third kappa shape index (κ3) is 3.45. The van der Waals surface area contributed by atoms with E-state index in [4.69, 9.17) is 0 Å². The molecule has 3 rings (SSSR count). The van der Waals surface area contributed by atoms with Crippen LogP contribution in [0.25, 0.3) is 0 Å². The van der Waals surface area contributed by atoms with Gasteiger partial charge in [-0.05, 0) is 30.3 Å². The largest absolute Gasteiger partial charge is 0.396 e. The van der Waals surface area contributed by atoms with E-state index >= 15 is 0 Å². The Labute approximate surface area is 133 Å². The smallest absolute Gasteiger partial charge is 0.251 e. The molecule has 1 amide bonds. The Kier molecular flexibility index (Phi) is 4.47. The van der Waals surface area contributed by atoms with E-state index < -0.39 is 0 Å². The Hall–Kier alpha value is -2.54. The van der Waals surface area contributed by atoms with Crippen molar-refractivity contribution in [3.63, 3.8) is 0 Å². The van der Waals surface area contributed by atoms with Crippen molar-refractivity contribution >= 4 is 11.9 Å². The number of aliphatic hydroxyl groups excluding tert-OH is 1. The number of nitrogens with zero attached hydrogens (tertiary/aromatic N) is 3. The van der Waals surface area contributed by atoms with Crippen LogP contribution >= 0.6 is 0 Å². The molecule has 2 aromatic rings. The predicted molar refractivity (Wildman–Crippen MR) is 82.5 cm³/mol. The first kappa shape index (κ1) is 15.4. The van der Waals surface area contributed by atoms with Crippen molar-refractivity contribution in [3.05, 3.63) is 54.1 Å². The van der Waals surface area contributed by atoms with Crippen molar-refractivity contribution in [3.8, 4) is 0 Å². The first-order valence-corrected chi connectivity index (χ1v) is 7.36. The van der Waals surface area contributed by atoms with Crippen LogP contribution in [0.3, 0.4) is 0 Å². The van der Waals surface area contributed by atoms with Crippen LogP contribution in [0.1, 0.15) is 10.4 Å². The highest BCUT2D eigenvalue weighted by Crippen LogP contribution is 2.21. The molecule has 120 valence electrons. The molecule has 1 saturated heterocycles. The van der Waals surface area contributed by atoms with Crippen molar-refractivity contribution in [1.82, 2.24) is 15.3 Å². The minimum atomic E-state index is -0.386. The zero-order valence-corrected chi connectivity index (χ0v) is 12.4. The monoisotopic (exact) mass is 316 g/mol. The number of nitrogens with one attached hydrogen (secondary N) is 1. The number of amides is 1. The number of hydrogen-bond acceptors (Lipinski definition) is 5. The molecular formula is C16H17FN4O2. The average Bonchev–Trinajstić information content (AvgIpc) is 2.99. The molecule has 1 aromatic carbocycles. The van der Waals surface area contributed by atoms with E-state index in [1.54, 1.807) is 18.5 Å². The molecule has 0 bridgehead atoms. The van der Waals surface area contributed by atoms with Crippen molar-refractivity contribution in [2.24, 2.45) is 5.92 Å². The van der Waals surface area contributed by atoms with E-state index in [1.807, 2.05) is 4.90 Å². The highest BCUT2D eigenvalue weighted by molar-refractivity contribution is 5.94. The van der Waals surface area contributed by atoms with Crippen LogP contribution in [-0.4, -0.2) is 46.7 Å². The highest BCUT2D eigenvalue weighted by Gasteiger charge is 2.34. The number of aromatic nitrogens is 2. The number of aliphatic hydroxyl groups is 1. The quantitative estimate of drug-likeness (QED) is 0.874. The number of benzene rings is 1. The molecule has 2 atom stereocenters. The Bertz CT molecular complexity index is 666. The zero-order chi connectivity index (χ0) is 16.2. The fourth-order valence-electron chi connectivity index (χ4n) is 2.69. The maximum absolute atomic E-state index is 12.9. The van der Waals surface area contributed by atoms with Gasteiger partial charge in [-0.15, -0.1) is 0 Å². The molecule has 0 unspecified atom stereocenters. The average molecular weight is 316 g/mol. The lowest BCUT2D eigenvalue weighted by atomic mass is 10.0. The summed E-state index contributed by atoms with van der Waals surface area (Å²) >= 11 is 0. The Balaban J connectivity index is 1.69. The molecule has 2 heterocycles. The van der Waals surface area contributed by atoms with Crippen molar-refractivity contribution in [1.29, 1.82) is 0 Å². The first-order valence-electron chi connectivity index (χ1n) is 7.36. The Morgan fingerprint density at radius 1 is 1.26 bits per heavy atom. The van der Waals surface area contributed by atoms with E-state index in [2.05, 4.69) is 15.3 Å². The summed E-state index contributed by atoms with van der Waals surface area (Å²) in [5.74, 6) is -0.208. The molecule has 1 aliphatic rings. The summed E-state index contributed by atoms with van der Waals surface area (Å²) in [5.41, 5.74) is 0.387. The Morgan fingerprint density at radius 3 is 2.61 bits per heavy atom. The van der Waals surface area contributed by atoms with Gasteiger partial charge in [-0.1, -0.05) is 0 Å². The summed E-state index contributed by atoms with van der Waals surface area (Å²) in [6, 6.07) is 6.88. The predicted octanol–water partition coefficient (Wildman–Crippen LogP) is 0.843. The summed E-state index contributed by atoms with van der Waals surface area (Å²) in [6.07, 6.45) is 3.31. The van der Waals surface area contributed by atoms with Gasteiger partial charge in [-0.25, -0.2) is 14.4 Å². The molecule has 1 aliphatic heterocycles. The van der Waals surface area contributed by atoms with Crippen LogP contribution < -0.4 is 10.2 Å². The van der Waals surface area contributed by atoms with Gasteiger partial charge < -0.3 is 15.3 Å². The molecule has 2 N–H and O–H groups in total. The van der Waals surface area contributed by atoms with Crippen LogP contribution in [0.2, 0.25) is 0 Å². The van der Waals surface area contributed by atoms with Crippen molar-refractivity contribution in [2.45, 2.75) is 6.04 Å². The second-order valence-corrected chi connectivity index (χ2v) is 5.48. The summed E-state index contributed by atoms with van der Waals surface area (Å²) in [6.45, 7) is 1.04. The maximum Gasteiger partial charge on any atom is 0.251 e. The number of hydrogen-bond donors (Lipinski definition) is 2. The lowest BCUT2D eigenvalue weighted by Crippen LogP contribution is -2.41. The summed E-state index contributed by atoms with van der Waals surface area (Å²) in [7, 11) is 0. The molecule has 1 fully saturated rings. The third-order valence-corrected chi connectivity index (χ3v) is 3.93. The highest BCUT2D eigenvalue weighted by atomic mass is 19.1. The zero-order valence-electron chi connectivity index (χ0n) is 12.4. The van der Waals surface area contributed by atoms with E-state index in [0.717, 1.165) is 0 Å². The van der Waals surface area contributed by atoms with E-state index in [9.17, 15) is 14.3 Å². The standard InChI is InChI=1S/C16H17FN4O2/c17-13-4-2-11(3-5-13)15(23)20-14-9-21(8-12(14)10-22)16-18-6-1-7-19-16/h1-7,12,14,22H,8-10H2,(H,20,23)/t12-,14+/m0/s1. The number of carbonyl (C=O) groups is 1. The van der Waals surface area contributed by atoms with Gasteiger partial charge in [-0.2, -0.15) is 0 Å². The van der Waals surface area contributed by atoms with Gasteiger partial charge >= 0.3 is 0 Å². The number of rotatable bonds is 4. The number of anilines is 1. The first-order chi connectivity index (χ1) is 11.2. The molecule has 0 aliphatic carbocycles. The topological polar surface area (TPSA) is 78.4 Å². The summed E-state index contributed by atoms with van der Waals surface area (Å²) in [4.78, 5) is 22.6. The molecule has 7 heteroatoms. The fraction of sp³-hybridized carbons (Fsp3) is 0.312. The molecule has 6 nitrogen and oxygen atoms in total. The summed E-state index contributed by atoms with van der Waals surface area (Å²) < 4.78 is 12.9. The third-order valence-electron chi connectivity index (χ3n) is 3.93. The molecular weight excluding hydrogens is 299 g/mol. The molecule has 0 saturated carbocycles.